The number of halogens is 1. The van der Waals surface area contributed by atoms with Gasteiger partial charge in [0.25, 0.3) is 0 Å². The van der Waals surface area contributed by atoms with Crippen LogP contribution in [0.4, 0.5) is 0 Å². The maximum atomic E-state index is 5.40. The van der Waals surface area contributed by atoms with Crippen LogP contribution >= 0.6 is 15.9 Å². The highest BCUT2D eigenvalue weighted by Crippen LogP contribution is 2.47. The van der Waals surface area contributed by atoms with E-state index in [1.165, 1.54) is 0 Å². The van der Waals surface area contributed by atoms with Crippen molar-refractivity contribution in [2.75, 3.05) is 7.11 Å². The molecule has 0 N–H and O–H groups in total. The van der Waals surface area contributed by atoms with E-state index in [1.807, 2.05) is 18.3 Å². The lowest BCUT2D eigenvalue weighted by Gasteiger charge is -2.11. The van der Waals surface area contributed by atoms with Gasteiger partial charge in [0.1, 0.15) is 5.60 Å². The van der Waals surface area contributed by atoms with Crippen molar-refractivity contribution in [3.8, 4) is 0 Å². The Morgan fingerprint density at radius 3 is 2.67 bits per heavy atom. The van der Waals surface area contributed by atoms with E-state index in [1.54, 1.807) is 7.11 Å². The molecule has 1 aromatic heterocycles. The fourth-order valence-electron chi connectivity index (χ4n) is 1.32. The molecule has 1 aromatic rings. The number of hydrogen-bond donors (Lipinski definition) is 0. The summed E-state index contributed by atoms with van der Waals surface area (Å²) in [5.41, 5.74) is 0.994. The van der Waals surface area contributed by atoms with E-state index >= 15 is 0 Å². The van der Waals surface area contributed by atoms with Gasteiger partial charge in [0.15, 0.2) is 0 Å². The van der Waals surface area contributed by atoms with Gasteiger partial charge in [0.05, 0.1) is 5.69 Å². The fraction of sp³-hybridized carbons (Fsp3) is 0.444. The Bertz CT molecular complexity index is 279. The molecule has 64 valence electrons. The fourth-order valence-corrected chi connectivity index (χ4v) is 1.56. The highest BCUT2D eigenvalue weighted by Gasteiger charge is 2.45. The second kappa shape index (κ2) is 2.82. The lowest BCUT2D eigenvalue weighted by Crippen LogP contribution is -2.10. The minimum Gasteiger partial charge on any atom is -0.372 e. The quantitative estimate of drug-likeness (QED) is 0.775. The van der Waals surface area contributed by atoms with Gasteiger partial charge in [-0.2, -0.15) is 0 Å². The lowest BCUT2D eigenvalue weighted by molar-refractivity contribution is 0.0751. The molecule has 0 amide bonds. The van der Waals surface area contributed by atoms with Gasteiger partial charge in [-0.3, -0.25) is 4.98 Å². The number of pyridine rings is 1. The van der Waals surface area contributed by atoms with Crippen molar-refractivity contribution in [2.45, 2.75) is 18.4 Å². The van der Waals surface area contributed by atoms with Crippen LogP contribution in [0, 0.1) is 0 Å². The van der Waals surface area contributed by atoms with Gasteiger partial charge in [-0.25, -0.2) is 0 Å². The number of methoxy groups -OCH3 is 1. The van der Waals surface area contributed by atoms with Crippen molar-refractivity contribution in [1.82, 2.24) is 4.98 Å². The minimum absolute atomic E-state index is 0.0549. The molecule has 0 radical (unpaired) electrons. The SMILES string of the molecule is COC1(c2ccc(Br)cn2)CC1. The zero-order valence-corrected chi connectivity index (χ0v) is 8.47. The topological polar surface area (TPSA) is 22.1 Å². The standard InChI is InChI=1S/C9H10BrNO/c1-12-9(4-5-9)8-3-2-7(10)6-11-8/h2-3,6H,4-5H2,1H3. The molecule has 0 aromatic carbocycles. The second-order valence-corrected chi connectivity index (χ2v) is 3.98. The Hall–Kier alpha value is -0.410. The number of ether oxygens (including phenoxy) is 1. The van der Waals surface area contributed by atoms with Crippen LogP contribution in [-0.4, -0.2) is 12.1 Å². The molecule has 0 spiro atoms. The van der Waals surface area contributed by atoms with Crippen molar-refractivity contribution in [3.63, 3.8) is 0 Å². The van der Waals surface area contributed by atoms with E-state index in [4.69, 9.17) is 4.74 Å². The monoisotopic (exact) mass is 227 g/mol. The summed E-state index contributed by atoms with van der Waals surface area (Å²) in [4.78, 5) is 4.31. The third kappa shape index (κ3) is 1.27. The summed E-state index contributed by atoms with van der Waals surface area (Å²) >= 11 is 3.35. The summed E-state index contributed by atoms with van der Waals surface area (Å²) in [7, 11) is 1.75. The highest BCUT2D eigenvalue weighted by molar-refractivity contribution is 9.10. The Labute approximate surface area is 80.1 Å². The first kappa shape index (κ1) is 8.20. The van der Waals surface area contributed by atoms with Crippen molar-refractivity contribution in [3.05, 3.63) is 28.5 Å². The van der Waals surface area contributed by atoms with Gasteiger partial charge < -0.3 is 4.74 Å². The van der Waals surface area contributed by atoms with E-state index in [0.717, 1.165) is 23.0 Å². The molecule has 1 aliphatic carbocycles. The maximum Gasteiger partial charge on any atom is 0.110 e. The van der Waals surface area contributed by atoms with Gasteiger partial charge in [0, 0.05) is 17.8 Å². The van der Waals surface area contributed by atoms with E-state index in [-0.39, 0.29) is 5.60 Å². The molecule has 1 heterocycles. The van der Waals surface area contributed by atoms with E-state index in [9.17, 15) is 0 Å². The predicted octanol–water partition coefficient (Wildman–Crippen LogP) is 2.48. The van der Waals surface area contributed by atoms with Crippen LogP contribution in [0.15, 0.2) is 22.8 Å². The van der Waals surface area contributed by atoms with Gasteiger partial charge in [-0.15, -0.1) is 0 Å². The summed E-state index contributed by atoms with van der Waals surface area (Å²) in [6, 6.07) is 4.02. The molecule has 2 nitrogen and oxygen atoms in total. The third-order valence-electron chi connectivity index (χ3n) is 2.29. The normalized spacial score (nSPS) is 19.2. The van der Waals surface area contributed by atoms with Gasteiger partial charge in [-0.05, 0) is 40.9 Å². The van der Waals surface area contributed by atoms with E-state index in [0.29, 0.717) is 0 Å². The summed E-state index contributed by atoms with van der Waals surface area (Å²) in [5, 5.41) is 0. The number of aromatic nitrogens is 1. The number of nitrogens with zero attached hydrogens (tertiary/aromatic N) is 1. The molecule has 0 bridgehead atoms. The molecule has 0 aliphatic heterocycles. The maximum absolute atomic E-state index is 5.40. The van der Waals surface area contributed by atoms with Crippen LogP contribution in [0.1, 0.15) is 18.5 Å². The highest BCUT2D eigenvalue weighted by atomic mass is 79.9. The van der Waals surface area contributed by atoms with Crippen molar-refractivity contribution < 1.29 is 4.74 Å². The summed E-state index contributed by atoms with van der Waals surface area (Å²) < 4.78 is 6.41. The van der Waals surface area contributed by atoms with E-state index < -0.39 is 0 Å². The lowest BCUT2D eigenvalue weighted by atomic mass is 10.2. The van der Waals surface area contributed by atoms with Crippen LogP contribution in [0.5, 0.6) is 0 Å². The Kier molecular flexibility index (Phi) is 1.93. The first-order valence-electron chi connectivity index (χ1n) is 3.94. The average molecular weight is 228 g/mol. The smallest absolute Gasteiger partial charge is 0.110 e. The summed E-state index contributed by atoms with van der Waals surface area (Å²) in [5.74, 6) is 0. The van der Waals surface area contributed by atoms with Gasteiger partial charge >= 0.3 is 0 Å². The molecule has 12 heavy (non-hydrogen) atoms. The van der Waals surface area contributed by atoms with Crippen LogP contribution in [0.25, 0.3) is 0 Å². The first-order chi connectivity index (χ1) is 5.77. The van der Waals surface area contributed by atoms with E-state index in [2.05, 4.69) is 20.9 Å². The molecule has 1 saturated carbocycles. The van der Waals surface area contributed by atoms with Gasteiger partial charge in [0.2, 0.25) is 0 Å². The largest absolute Gasteiger partial charge is 0.372 e. The first-order valence-corrected chi connectivity index (χ1v) is 4.73. The molecule has 3 heteroatoms. The Balaban J connectivity index is 2.29. The van der Waals surface area contributed by atoms with Gasteiger partial charge in [-0.1, -0.05) is 0 Å². The van der Waals surface area contributed by atoms with Crippen LogP contribution in [0.3, 0.4) is 0 Å². The Morgan fingerprint density at radius 2 is 2.25 bits per heavy atom. The van der Waals surface area contributed by atoms with Crippen LogP contribution < -0.4 is 0 Å². The third-order valence-corrected chi connectivity index (χ3v) is 2.76. The van der Waals surface area contributed by atoms with Crippen LogP contribution in [-0.2, 0) is 10.3 Å². The predicted molar refractivity (Wildman–Crippen MR) is 49.9 cm³/mol. The van der Waals surface area contributed by atoms with Crippen molar-refractivity contribution in [2.24, 2.45) is 0 Å². The zero-order valence-electron chi connectivity index (χ0n) is 6.88. The van der Waals surface area contributed by atoms with Crippen molar-refractivity contribution in [1.29, 1.82) is 0 Å². The molecule has 1 fully saturated rings. The minimum atomic E-state index is -0.0549. The number of hydrogen-bond acceptors (Lipinski definition) is 2. The zero-order chi connectivity index (χ0) is 8.60. The van der Waals surface area contributed by atoms with Crippen LogP contribution in [0.2, 0.25) is 0 Å². The molecule has 0 saturated heterocycles. The molecular weight excluding hydrogens is 218 g/mol. The molecular formula is C9H10BrNO. The second-order valence-electron chi connectivity index (χ2n) is 3.06. The summed E-state index contributed by atoms with van der Waals surface area (Å²) in [6.45, 7) is 0. The van der Waals surface area contributed by atoms with Crippen molar-refractivity contribution >= 4 is 15.9 Å². The average Bonchev–Trinajstić information content (AvgIpc) is 2.86. The number of rotatable bonds is 2. The Morgan fingerprint density at radius 1 is 1.50 bits per heavy atom. The molecule has 0 unspecified atom stereocenters. The molecule has 0 atom stereocenters. The molecule has 2 rings (SSSR count). The summed E-state index contributed by atoms with van der Waals surface area (Å²) in [6.07, 6.45) is 4.00. The molecule has 1 aliphatic rings.